The minimum absolute atomic E-state index is 0.0512. The van der Waals surface area contributed by atoms with Crippen molar-refractivity contribution in [1.29, 1.82) is 0 Å². The van der Waals surface area contributed by atoms with Crippen molar-refractivity contribution >= 4 is 41.1 Å². The minimum atomic E-state index is -0.677. The standard InChI is InChI=1S/C13H6Cl3FO2/c14-8-4-10(16)13(5-9(8)15)19-12-3-1-2-11(17)7(12)6-18/h1-6H. The molecule has 2 aromatic carbocycles. The van der Waals surface area contributed by atoms with E-state index in [0.29, 0.717) is 6.29 Å². The highest BCUT2D eigenvalue weighted by atomic mass is 35.5. The predicted octanol–water partition coefficient (Wildman–Crippen LogP) is 5.39. The molecule has 0 saturated carbocycles. The van der Waals surface area contributed by atoms with E-state index in [2.05, 4.69) is 0 Å². The lowest BCUT2D eigenvalue weighted by Gasteiger charge is -2.10. The third kappa shape index (κ3) is 3.00. The normalized spacial score (nSPS) is 10.3. The molecule has 0 aromatic heterocycles. The molecule has 0 aliphatic carbocycles. The highest BCUT2D eigenvalue weighted by molar-refractivity contribution is 6.43. The number of benzene rings is 2. The van der Waals surface area contributed by atoms with Gasteiger partial charge in [0, 0.05) is 6.07 Å². The fraction of sp³-hybridized carbons (Fsp3) is 0. The van der Waals surface area contributed by atoms with Crippen LogP contribution in [0.3, 0.4) is 0 Å². The predicted molar refractivity (Wildman–Crippen MR) is 73.3 cm³/mol. The molecule has 2 rings (SSSR count). The maximum absolute atomic E-state index is 13.4. The summed E-state index contributed by atoms with van der Waals surface area (Å²) in [7, 11) is 0. The van der Waals surface area contributed by atoms with Crippen LogP contribution in [0.25, 0.3) is 0 Å². The fourth-order valence-corrected chi connectivity index (χ4v) is 2.00. The number of carbonyl (C=O) groups excluding carboxylic acids is 1. The summed E-state index contributed by atoms with van der Waals surface area (Å²) in [4.78, 5) is 10.8. The van der Waals surface area contributed by atoms with Crippen LogP contribution in [-0.4, -0.2) is 6.29 Å². The number of hydrogen-bond acceptors (Lipinski definition) is 2. The summed E-state index contributed by atoms with van der Waals surface area (Å²) in [5, 5.41) is 0.717. The molecule has 0 atom stereocenters. The third-order valence-corrected chi connectivity index (χ3v) is 3.34. The second-order valence-electron chi connectivity index (χ2n) is 3.57. The lowest BCUT2D eigenvalue weighted by Crippen LogP contribution is -1.94. The van der Waals surface area contributed by atoms with Crippen LogP contribution in [0, 0.1) is 5.82 Å². The van der Waals surface area contributed by atoms with E-state index in [4.69, 9.17) is 39.5 Å². The maximum Gasteiger partial charge on any atom is 0.156 e. The highest BCUT2D eigenvalue weighted by Gasteiger charge is 2.13. The van der Waals surface area contributed by atoms with Crippen LogP contribution in [0.2, 0.25) is 15.1 Å². The number of halogens is 4. The first-order valence-corrected chi connectivity index (χ1v) is 6.22. The number of carbonyl (C=O) groups is 1. The van der Waals surface area contributed by atoms with Crippen LogP contribution >= 0.6 is 34.8 Å². The van der Waals surface area contributed by atoms with Crippen molar-refractivity contribution in [1.82, 2.24) is 0 Å². The summed E-state index contributed by atoms with van der Waals surface area (Å²) in [5.41, 5.74) is -0.190. The number of aldehydes is 1. The first-order chi connectivity index (χ1) is 9.02. The van der Waals surface area contributed by atoms with Crippen LogP contribution in [0.1, 0.15) is 10.4 Å². The Balaban J connectivity index is 2.45. The van der Waals surface area contributed by atoms with Gasteiger partial charge in [0.2, 0.25) is 0 Å². The average Bonchev–Trinajstić information content (AvgIpc) is 2.36. The van der Waals surface area contributed by atoms with Crippen LogP contribution < -0.4 is 4.74 Å². The Labute approximate surface area is 123 Å². The quantitative estimate of drug-likeness (QED) is 0.560. The second kappa shape index (κ2) is 5.78. The lowest BCUT2D eigenvalue weighted by molar-refractivity contribution is 0.111. The Bertz CT molecular complexity index is 644. The van der Waals surface area contributed by atoms with Gasteiger partial charge in [0.25, 0.3) is 0 Å². The summed E-state index contributed by atoms with van der Waals surface area (Å²) < 4.78 is 18.8. The summed E-state index contributed by atoms with van der Waals surface area (Å²) in [6.07, 6.45) is 0.371. The molecule has 98 valence electrons. The van der Waals surface area contributed by atoms with Gasteiger partial charge >= 0.3 is 0 Å². The molecule has 0 N–H and O–H groups in total. The zero-order chi connectivity index (χ0) is 14.0. The van der Waals surface area contributed by atoms with E-state index in [-0.39, 0.29) is 32.1 Å². The van der Waals surface area contributed by atoms with Crippen molar-refractivity contribution in [3.63, 3.8) is 0 Å². The van der Waals surface area contributed by atoms with Gasteiger partial charge in [-0.2, -0.15) is 0 Å². The number of ether oxygens (including phenoxy) is 1. The Kier molecular flexibility index (Phi) is 4.30. The first kappa shape index (κ1) is 14.1. The average molecular weight is 320 g/mol. The monoisotopic (exact) mass is 318 g/mol. The minimum Gasteiger partial charge on any atom is -0.455 e. The van der Waals surface area contributed by atoms with E-state index in [9.17, 15) is 9.18 Å². The van der Waals surface area contributed by atoms with Crippen LogP contribution in [0.4, 0.5) is 4.39 Å². The van der Waals surface area contributed by atoms with Gasteiger partial charge in [0.05, 0.1) is 20.6 Å². The maximum atomic E-state index is 13.4. The molecule has 0 radical (unpaired) electrons. The Morgan fingerprint density at radius 1 is 1.00 bits per heavy atom. The molecule has 0 aliphatic heterocycles. The van der Waals surface area contributed by atoms with Crippen molar-refractivity contribution in [3.8, 4) is 11.5 Å². The van der Waals surface area contributed by atoms with Crippen molar-refractivity contribution in [3.05, 3.63) is 56.8 Å². The van der Waals surface area contributed by atoms with Crippen molar-refractivity contribution in [2.75, 3.05) is 0 Å². The molecular formula is C13H6Cl3FO2. The molecule has 0 amide bonds. The second-order valence-corrected chi connectivity index (χ2v) is 4.79. The Hall–Kier alpha value is -1.29. The summed E-state index contributed by atoms with van der Waals surface area (Å²) in [5.74, 6) is -0.441. The third-order valence-electron chi connectivity index (χ3n) is 2.33. The van der Waals surface area contributed by atoms with Crippen molar-refractivity contribution in [2.24, 2.45) is 0 Å². The van der Waals surface area contributed by atoms with Crippen LogP contribution in [0.5, 0.6) is 11.5 Å². The SMILES string of the molecule is O=Cc1c(F)cccc1Oc1cc(Cl)c(Cl)cc1Cl. The zero-order valence-corrected chi connectivity index (χ0v) is 11.6. The van der Waals surface area contributed by atoms with Gasteiger partial charge in [-0.25, -0.2) is 4.39 Å². The molecule has 0 unspecified atom stereocenters. The lowest BCUT2D eigenvalue weighted by atomic mass is 10.2. The molecular weight excluding hydrogens is 313 g/mol. The fourth-order valence-electron chi connectivity index (χ4n) is 1.42. The van der Waals surface area contributed by atoms with Crippen molar-refractivity contribution in [2.45, 2.75) is 0 Å². The Morgan fingerprint density at radius 2 is 1.68 bits per heavy atom. The van der Waals surface area contributed by atoms with Gasteiger partial charge in [-0.1, -0.05) is 40.9 Å². The Morgan fingerprint density at radius 3 is 2.37 bits per heavy atom. The van der Waals surface area contributed by atoms with Gasteiger partial charge in [0.15, 0.2) is 6.29 Å². The number of rotatable bonds is 3. The van der Waals surface area contributed by atoms with E-state index in [1.807, 2.05) is 0 Å². The smallest absolute Gasteiger partial charge is 0.156 e. The molecule has 2 nitrogen and oxygen atoms in total. The topological polar surface area (TPSA) is 26.3 Å². The largest absolute Gasteiger partial charge is 0.455 e. The molecule has 0 fully saturated rings. The summed E-state index contributed by atoms with van der Waals surface area (Å²) in [6, 6.07) is 6.83. The molecule has 6 heteroatoms. The molecule has 19 heavy (non-hydrogen) atoms. The van der Waals surface area contributed by atoms with Crippen molar-refractivity contribution < 1.29 is 13.9 Å². The summed E-state index contributed by atoms with van der Waals surface area (Å²) >= 11 is 17.6. The highest BCUT2D eigenvalue weighted by Crippen LogP contribution is 2.37. The van der Waals surface area contributed by atoms with E-state index >= 15 is 0 Å². The summed E-state index contributed by atoms with van der Waals surface area (Å²) in [6.45, 7) is 0. The van der Waals surface area contributed by atoms with Crippen LogP contribution in [-0.2, 0) is 0 Å². The molecule has 2 aromatic rings. The van der Waals surface area contributed by atoms with E-state index in [1.54, 1.807) is 0 Å². The molecule has 0 bridgehead atoms. The van der Waals surface area contributed by atoms with E-state index in [0.717, 1.165) is 6.07 Å². The van der Waals surface area contributed by atoms with Gasteiger partial charge in [-0.15, -0.1) is 0 Å². The van der Waals surface area contributed by atoms with Gasteiger partial charge < -0.3 is 4.74 Å². The molecule has 0 heterocycles. The first-order valence-electron chi connectivity index (χ1n) is 5.09. The molecule has 0 spiro atoms. The molecule has 0 aliphatic rings. The zero-order valence-electron chi connectivity index (χ0n) is 9.29. The molecule has 0 saturated heterocycles. The van der Waals surface area contributed by atoms with Crippen LogP contribution in [0.15, 0.2) is 30.3 Å². The van der Waals surface area contributed by atoms with Gasteiger partial charge in [0.1, 0.15) is 17.3 Å². The van der Waals surface area contributed by atoms with E-state index < -0.39 is 5.82 Å². The number of hydrogen-bond donors (Lipinski definition) is 0. The van der Waals surface area contributed by atoms with Gasteiger partial charge in [-0.05, 0) is 18.2 Å². The van der Waals surface area contributed by atoms with E-state index in [1.165, 1.54) is 24.3 Å². The van der Waals surface area contributed by atoms with Gasteiger partial charge in [-0.3, -0.25) is 4.79 Å².